The van der Waals surface area contributed by atoms with Crippen molar-refractivity contribution in [3.8, 4) is 23.5 Å². The molecule has 8 aromatic carbocycles. The molecule has 11 rings (SSSR count). The van der Waals surface area contributed by atoms with Gasteiger partial charge in [0.25, 0.3) is 0 Å². The molecule has 0 saturated carbocycles. The van der Waals surface area contributed by atoms with E-state index in [-0.39, 0.29) is 32.5 Å². The molecule has 3 heterocycles. The Morgan fingerprint density at radius 1 is 0.376 bits per heavy atom. The minimum absolute atomic E-state index is 0.0131. The molecule has 0 bridgehead atoms. The van der Waals surface area contributed by atoms with Crippen LogP contribution < -0.4 is 0 Å². The summed E-state index contributed by atoms with van der Waals surface area (Å²) in [6.45, 7) is 55.5. The monoisotopic (exact) mass is 1130 g/mol. The molecule has 0 aliphatic rings. The summed E-state index contributed by atoms with van der Waals surface area (Å²) in [5.74, 6) is -1.74. The van der Waals surface area contributed by atoms with E-state index < -0.39 is 22.9 Å². The van der Waals surface area contributed by atoms with Gasteiger partial charge < -0.3 is 14.1 Å². The number of halogens is 2. The number of hydrogen-bond acceptors (Lipinski definition) is 2. The van der Waals surface area contributed by atoms with Gasteiger partial charge in [0.2, 0.25) is 11.4 Å². The molecule has 0 radical (unpaired) electrons. The van der Waals surface area contributed by atoms with Gasteiger partial charge in [-0.2, -0.15) is 10.5 Å². The first-order valence-corrected chi connectivity index (χ1v) is 29.0. The summed E-state index contributed by atoms with van der Waals surface area (Å²) in [5, 5.41) is 26.5. The third-order valence-corrected chi connectivity index (χ3v) is 16.4. The Hall–Kier alpha value is -9.02. The Morgan fingerprint density at radius 3 is 1.01 bits per heavy atom. The van der Waals surface area contributed by atoms with Crippen LogP contribution in [-0.4, -0.2) is 14.1 Å². The van der Waals surface area contributed by atoms with E-state index in [9.17, 15) is 14.0 Å². The summed E-state index contributed by atoms with van der Waals surface area (Å²) in [6.07, 6.45) is 0. The van der Waals surface area contributed by atoms with Crippen LogP contribution in [0.1, 0.15) is 169 Å². The Balaban J connectivity index is 0.000000212. The van der Waals surface area contributed by atoms with E-state index in [4.69, 9.17) is 18.4 Å². The lowest BCUT2D eigenvalue weighted by Gasteiger charge is -2.20. The number of aromatic amines is 1. The van der Waals surface area contributed by atoms with Crippen LogP contribution in [0.4, 0.5) is 20.2 Å². The summed E-state index contributed by atoms with van der Waals surface area (Å²) < 4.78 is 29.8. The molecule has 430 valence electrons. The molecule has 0 fully saturated rings. The summed E-state index contributed by atoms with van der Waals surface area (Å²) >= 11 is 0. The summed E-state index contributed by atoms with van der Waals surface area (Å²) in [4.78, 5) is 10.4. The van der Waals surface area contributed by atoms with Gasteiger partial charge in [0.1, 0.15) is 23.8 Å². The largest absolute Gasteiger partial charge is 0.355 e. The summed E-state index contributed by atoms with van der Waals surface area (Å²) in [7, 11) is 0. The first-order valence-electron chi connectivity index (χ1n) is 29.0. The van der Waals surface area contributed by atoms with Crippen LogP contribution in [0.25, 0.3) is 86.5 Å². The molecule has 0 aliphatic carbocycles. The molecule has 7 nitrogen and oxygen atoms in total. The number of hydrogen-bond donors (Lipinski definition) is 1. The van der Waals surface area contributed by atoms with Gasteiger partial charge in [0, 0.05) is 49.0 Å². The second kappa shape index (κ2) is 21.6. The van der Waals surface area contributed by atoms with Crippen molar-refractivity contribution in [2.24, 2.45) is 0 Å². The van der Waals surface area contributed by atoms with Gasteiger partial charge in [0.05, 0.1) is 52.0 Å². The van der Waals surface area contributed by atoms with Crippen molar-refractivity contribution in [2.45, 2.75) is 157 Å². The standard InChI is InChI=1S/C48H50N4.C20H25N.C8H2F2N2/c1-45(2,3)30-14-18-40-35(23-30)36-24-31(46(4,5)6)15-19-41(36)51(40)34-22-29(28-49)44(39(27-34)50-13)52-42-20-16-32(47(7,8)9)25-37(42)38-26-33(48(10,11)12)17-21-43(38)52;1-19(2,3)13-7-9-17-15(11-13)16-12-14(20(4,5)6)8-10-18(16)21-17;1-12-7-3-6(9)2-5(4-11)8(7)10/h14-27H,1-12H3;7-12,21H,1-6H3;2-3H. The Labute approximate surface area is 500 Å². The van der Waals surface area contributed by atoms with Crippen LogP contribution in [0.5, 0.6) is 0 Å². The number of nitrogens with one attached hydrogen (secondary N) is 1. The van der Waals surface area contributed by atoms with Crippen LogP contribution in [0, 0.1) is 47.4 Å². The van der Waals surface area contributed by atoms with Crippen molar-refractivity contribution in [2.75, 3.05) is 0 Å². The number of H-pyrrole nitrogens is 1. The van der Waals surface area contributed by atoms with Gasteiger partial charge >= 0.3 is 0 Å². The van der Waals surface area contributed by atoms with E-state index in [0.717, 1.165) is 50.7 Å². The van der Waals surface area contributed by atoms with E-state index in [1.165, 1.54) is 72.0 Å². The van der Waals surface area contributed by atoms with Crippen molar-refractivity contribution < 1.29 is 8.78 Å². The van der Waals surface area contributed by atoms with Gasteiger partial charge in [-0.15, -0.1) is 0 Å². The second-order valence-corrected chi connectivity index (χ2v) is 28.8. The van der Waals surface area contributed by atoms with Gasteiger partial charge in [-0.25, -0.2) is 18.5 Å². The van der Waals surface area contributed by atoms with E-state index in [1.54, 1.807) is 0 Å². The number of rotatable bonds is 2. The maximum Gasteiger partial charge on any atom is 0.226 e. The van der Waals surface area contributed by atoms with E-state index >= 15 is 0 Å². The van der Waals surface area contributed by atoms with Gasteiger partial charge in [0.15, 0.2) is 0 Å². The molecular formula is C76H77F2N7. The van der Waals surface area contributed by atoms with Gasteiger partial charge in [-0.05, 0) is 163 Å². The van der Waals surface area contributed by atoms with Gasteiger partial charge in [-0.1, -0.05) is 161 Å². The molecular weight excluding hydrogens is 1050 g/mol. The highest BCUT2D eigenvalue weighted by Gasteiger charge is 2.27. The fourth-order valence-corrected chi connectivity index (χ4v) is 11.1. The number of fused-ring (bicyclic) bond motifs is 9. The normalized spacial score (nSPS) is 12.4. The maximum atomic E-state index is 12.9. The van der Waals surface area contributed by atoms with Crippen molar-refractivity contribution in [3.63, 3.8) is 0 Å². The molecule has 0 spiro atoms. The number of aromatic nitrogens is 3. The predicted octanol–water partition coefficient (Wildman–Crippen LogP) is 21.8. The number of nitrogens with zero attached hydrogens (tertiary/aromatic N) is 6. The minimum atomic E-state index is -0.964. The van der Waals surface area contributed by atoms with Gasteiger partial charge in [-0.3, -0.25) is 0 Å². The zero-order chi connectivity index (χ0) is 62.3. The van der Waals surface area contributed by atoms with E-state index in [2.05, 4.69) is 264 Å². The van der Waals surface area contributed by atoms with E-state index in [0.29, 0.717) is 16.9 Å². The van der Waals surface area contributed by atoms with Crippen LogP contribution >= 0.6 is 0 Å². The molecule has 0 unspecified atom stereocenters. The van der Waals surface area contributed by atoms with Crippen LogP contribution in [0.2, 0.25) is 0 Å². The molecule has 1 N–H and O–H groups in total. The molecule has 0 atom stereocenters. The molecule has 85 heavy (non-hydrogen) atoms. The average Bonchev–Trinajstić information content (AvgIpc) is 1.63. The SMILES string of the molecule is CC(C)(C)c1ccc2[nH]c3ccc(C(C)(C)C)cc3c2c1.[C-]#[N+]c1cc(-n2c3ccc(C(C)(C)C)cc3c3cc(C(C)(C)C)ccc32)cc(C#N)c1-n1c2ccc(C(C)(C)C)cc2c2cc(C(C)(C)C)ccc21.[C-]#[N+]c1cc(F)cc(C#N)c1F. The van der Waals surface area contributed by atoms with Crippen molar-refractivity contribution in [1.29, 1.82) is 10.5 Å². The highest BCUT2D eigenvalue weighted by molar-refractivity contribution is 6.12. The van der Waals surface area contributed by atoms with Crippen molar-refractivity contribution >= 4 is 76.8 Å². The molecule has 9 heteroatoms. The van der Waals surface area contributed by atoms with Crippen molar-refractivity contribution in [3.05, 3.63) is 212 Å². The second-order valence-electron chi connectivity index (χ2n) is 28.8. The fraction of sp³-hybridized carbons (Fsp3) is 0.316. The highest BCUT2D eigenvalue weighted by Crippen LogP contribution is 2.44. The Bertz CT molecular complexity index is 4380. The number of nitriles is 2. The number of benzene rings is 8. The van der Waals surface area contributed by atoms with Crippen LogP contribution in [0.3, 0.4) is 0 Å². The Morgan fingerprint density at radius 2 is 0.694 bits per heavy atom. The average molecular weight is 1130 g/mol. The van der Waals surface area contributed by atoms with E-state index in [1.807, 2.05) is 12.1 Å². The third-order valence-electron chi connectivity index (χ3n) is 16.4. The lowest BCUT2D eigenvalue weighted by molar-refractivity contribution is 0.590. The predicted molar refractivity (Wildman–Crippen MR) is 351 cm³/mol. The topological polar surface area (TPSA) is 81.9 Å². The quantitative estimate of drug-likeness (QED) is 0.175. The van der Waals surface area contributed by atoms with Crippen molar-refractivity contribution in [1.82, 2.24) is 14.1 Å². The third kappa shape index (κ3) is 11.7. The summed E-state index contributed by atoms with van der Waals surface area (Å²) in [6, 6.07) is 49.9. The van der Waals surface area contributed by atoms with Crippen LogP contribution in [0.15, 0.2) is 133 Å². The zero-order valence-corrected chi connectivity index (χ0v) is 52.6. The first-order chi connectivity index (χ1) is 39.6. The fourth-order valence-electron chi connectivity index (χ4n) is 11.1. The lowest BCUT2D eigenvalue weighted by atomic mass is 9.85. The molecule has 3 aromatic heterocycles. The molecule has 0 aliphatic heterocycles. The zero-order valence-electron chi connectivity index (χ0n) is 52.6. The molecule has 11 aromatic rings. The summed E-state index contributed by atoms with van der Waals surface area (Å²) in [5.41, 5.74) is 16.1. The highest BCUT2D eigenvalue weighted by atomic mass is 19.1. The minimum Gasteiger partial charge on any atom is -0.355 e. The lowest BCUT2D eigenvalue weighted by Crippen LogP contribution is -2.10. The molecule has 0 saturated heterocycles. The van der Waals surface area contributed by atoms with Crippen LogP contribution in [-0.2, 0) is 32.5 Å². The maximum absolute atomic E-state index is 12.9. The first kappa shape index (κ1) is 60.6. The molecule has 0 amide bonds. The smallest absolute Gasteiger partial charge is 0.226 e. The Kier molecular flexibility index (Phi) is 15.4.